The second-order valence-electron chi connectivity index (χ2n) is 1.69. The van der Waals surface area contributed by atoms with Gasteiger partial charge in [-0.25, -0.2) is 4.79 Å². The van der Waals surface area contributed by atoms with E-state index in [1.165, 1.54) is 6.07 Å². The molecule has 0 aromatic rings. The summed E-state index contributed by atoms with van der Waals surface area (Å²) < 4.78 is 4.29. The fraction of sp³-hybridized carbons (Fsp3) is 0.333. The van der Waals surface area contributed by atoms with Crippen LogP contribution >= 0.6 is 0 Å². The molecule has 0 saturated heterocycles. The van der Waals surface area contributed by atoms with Crippen molar-refractivity contribution < 1.29 is 19.2 Å². The Labute approximate surface area is 73.7 Å². The predicted molar refractivity (Wildman–Crippen MR) is 40.3 cm³/mol. The lowest BCUT2D eigenvalue weighted by Gasteiger charge is -1.96. The highest BCUT2D eigenvalue weighted by Crippen LogP contribution is 1.87. The van der Waals surface area contributed by atoms with Crippen molar-refractivity contribution in [3.05, 3.63) is 0 Å². The average molecular weight is 185 g/mol. The molecular weight excluding hydrogens is 178 g/mol. The first-order valence-corrected chi connectivity index (χ1v) is 3.23. The molecule has 2 N–H and O–H groups in total. The van der Waals surface area contributed by atoms with Gasteiger partial charge in [-0.15, -0.1) is 0 Å². The summed E-state index contributed by atoms with van der Waals surface area (Å²) in [6.45, 7) is 1.66. The summed E-state index contributed by atoms with van der Waals surface area (Å²) >= 11 is 0. The molecule has 0 bridgehead atoms. The summed E-state index contributed by atoms with van der Waals surface area (Å²) in [5, 5.41) is 11.1. The smallest absolute Gasteiger partial charge is 0.433 e. The van der Waals surface area contributed by atoms with Crippen LogP contribution in [0.3, 0.4) is 0 Å². The standard InChI is InChI=1S/C6H7N3O4/c1-2-12-6(11)13-9-4(3-7)5(8)10/h2H2,1H3,(H2,8,10). The number of carbonyl (C=O) groups excluding carboxylic acids is 2. The van der Waals surface area contributed by atoms with Gasteiger partial charge in [-0.1, -0.05) is 5.16 Å². The molecule has 0 aliphatic carbocycles. The van der Waals surface area contributed by atoms with E-state index in [0.29, 0.717) is 0 Å². The molecule has 0 aromatic heterocycles. The Hall–Kier alpha value is -2.10. The maximum atomic E-state index is 10.5. The van der Waals surface area contributed by atoms with Gasteiger partial charge in [-0.05, 0) is 6.92 Å². The Morgan fingerprint density at radius 2 is 2.23 bits per heavy atom. The first-order valence-electron chi connectivity index (χ1n) is 3.23. The maximum Gasteiger partial charge on any atom is 0.535 e. The van der Waals surface area contributed by atoms with Gasteiger partial charge in [0.15, 0.2) is 0 Å². The molecule has 0 spiro atoms. The third-order valence-electron chi connectivity index (χ3n) is 0.813. The van der Waals surface area contributed by atoms with Gasteiger partial charge >= 0.3 is 6.16 Å². The van der Waals surface area contributed by atoms with Crippen LogP contribution in [0.4, 0.5) is 4.79 Å². The molecule has 1 amide bonds. The largest absolute Gasteiger partial charge is 0.535 e. The lowest BCUT2D eigenvalue weighted by Crippen LogP contribution is -2.22. The van der Waals surface area contributed by atoms with E-state index in [4.69, 9.17) is 5.26 Å². The minimum Gasteiger partial charge on any atom is -0.433 e. The molecule has 0 aliphatic heterocycles. The number of nitrogens with zero attached hydrogens (tertiary/aromatic N) is 2. The second-order valence-corrected chi connectivity index (χ2v) is 1.69. The number of hydrogen-bond donors (Lipinski definition) is 1. The molecule has 70 valence electrons. The molecule has 0 fully saturated rings. The van der Waals surface area contributed by atoms with Crippen molar-refractivity contribution in [1.29, 1.82) is 5.26 Å². The number of nitriles is 1. The van der Waals surface area contributed by atoms with Crippen LogP contribution in [0.15, 0.2) is 5.16 Å². The summed E-state index contributed by atoms with van der Waals surface area (Å²) in [4.78, 5) is 24.8. The summed E-state index contributed by atoms with van der Waals surface area (Å²) in [7, 11) is 0. The van der Waals surface area contributed by atoms with Crippen molar-refractivity contribution in [2.75, 3.05) is 6.61 Å². The molecule has 0 heterocycles. The fourth-order valence-corrected chi connectivity index (χ4v) is 0.348. The highest BCUT2D eigenvalue weighted by molar-refractivity contribution is 6.44. The van der Waals surface area contributed by atoms with Gasteiger partial charge in [0.1, 0.15) is 6.07 Å². The van der Waals surface area contributed by atoms with E-state index < -0.39 is 17.8 Å². The van der Waals surface area contributed by atoms with Crippen LogP contribution < -0.4 is 5.73 Å². The molecule has 0 aromatic carbocycles. The van der Waals surface area contributed by atoms with E-state index in [1.807, 2.05) is 0 Å². The summed E-state index contributed by atoms with van der Waals surface area (Å²) in [6, 6.07) is 1.34. The number of hydrogen-bond acceptors (Lipinski definition) is 6. The lowest BCUT2D eigenvalue weighted by atomic mass is 10.4. The number of carbonyl (C=O) groups is 2. The number of rotatable bonds is 3. The Morgan fingerprint density at radius 3 is 2.62 bits per heavy atom. The minimum absolute atomic E-state index is 0.104. The van der Waals surface area contributed by atoms with Crippen LogP contribution in [0.25, 0.3) is 0 Å². The number of amides is 1. The molecule has 0 unspecified atom stereocenters. The molecule has 0 saturated carbocycles. The van der Waals surface area contributed by atoms with Gasteiger partial charge in [-0.3, -0.25) is 9.63 Å². The fourth-order valence-electron chi connectivity index (χ4n) is 0.348. The van der Waals surface area contributed by atoms with E-state index in [1.54, 1.807) is 6.92 Å². The Kier molecular flexibility index (Phi) is 4.64. The molecule has 0 atom stereocenters. The number of ether oxygens (including phenoxy) is 1. The van der Waals surface area contributed by atoms with Crippen LogP contribution in [-0.4, -0.2) is 24.4 Å². The zero-order chi connectivity index (χ0) is 10.3. The number of nitrogens with two attached hydrogens (primary N) is 1. The second kappa shape index (κ2) is 5.54. The topological polar surface area (TPSA) is 115 Å². The lowest BCUT2D eigenvalue weighted by molar-refractivity contribution is -0.112. The quantitative estimate of drug-likeness (QED) is 0.276. The van der Waals surface area contributed by atoms with Crippen LogP contribution in [-0.2, 0) is 14.4 Å². The van der Waals surface area contributed by atoms with Crippen molar-refractivity contribution in [1.82, 2.24) is 0 Å². The predicted octanol–water partition coefficient (Wildman–Crippen LogP) is -0.476. The van der Waals surface area contributed by atoms with E-state index in [0.717, 1.165) is 0 Å². The Morgan fingerprint density at radius 1 is 1.62 bits per heavy atom. The number of oxime groups is 1. The first-order chi connectivity index (χ1) is 6.11. The van der Waals surface area contributed by atoms with E-state index in [-0.39, 0.29) is 6.61 Å². The van der Waals surface area contributed by atoms with Crippen LogP contribution in [0, 0.1) is 11.3 Å². The van der Waals surface area contributed by atoms with E-state index in [9.17, 15) is 9.59 Å². The molecule has 7 heteroatoms. The summed E-state index contributed by atoms with van der Waals surface area (Å²) in [5.41, 5.74) is 3.98. The van der Waals surface area contributed by atoms with Crippen molar-refractivity contribution >= 4 is 17.8 Å². The monoisotopic (exact) mass is 185 g/mol. The normalized spacial score (nSPS) is 10.0. The highest BCUT2D eigenvalue weighted by Gasteiger charge is 2.08. The van der Waals surface area contributed by atoms with Crippen molar-refractivity contribution in [2.24, 2.45) is 10.9 Å². The molecule has 7 nitrogen and oxygen atoms in total. The van der Waals surface area contributed by atoms with Gasteiger partial charge in [0, 0.05) is 0 Å². The number of primary amides is 1. The summed E-state index contributed by atoms with van der Waals surface area (Å²) in [5.74, 6) is -1.08. The zero-order valence-electron chi connectivity index (χ0n) is 6.81. The summed E-state index contributed by atoms with van der Waals surface area (Å²) in [6.07, 6.45) is -1.10. The SMILES string of the molecule is CCOC(=O)ON=C(C#N)C(N)=O. The van der Waals surface area contributed by atoms with Crippen molar-refractivity contribution in [3.63, 3.8) is 0 Å². The molecular formula is C6H7N3O4. The van der Waals surface area contributed by atoms with Crippen molar-refractivity contribution in [3.8, 4) is 6.07 Å². The molecule has 13 heavy (non-hydrogen) atoms. The van der Waals surface area contributed by atoms with Gasteiger partial charge in [-0.2, -0.15) is 5.26 Å². The molecule has 0 rings (SSSR count). The van der Waals surface area contributed by atoms with Crippen LogP contribution in [0.2, 0.25) is 0 Å². The average Bonchev–Trinajstić information content (AvgIpc) is 2.05. The van der Waals surface area contributed by atoms with Gasteiger partial charge in [0.05, 0.1) is 6.61 Å². The maximum absolute atomic E-state index is 10.5. The van der Waals surface area contributed by atoms with Gasteiger partial charge in [0.25, 0.3) is 5.91 Å². The molecule has 0 radical (unpaired) electrons. The van der Waals surface area contributed by atoms with E-state index in [2.05, 4.69) is 20.5 Å². The Bertz CT molecular complexity index is 278. The van der Waals surface area contributed by atoms with Crippen LogP contribution in [0.1, 0.15) is 6.92 Å². The van der Waals surface area contributed by atoms with Crippen molar-refractivity contribution in [2.45, 2.75) is 6.92 Å². The van der Waals surface area contributed by atoms with Gasteiger partial charge in [0.2, 0.25) is 5.71 Å². The highest BCUT2D eigenvalue weighted by atomic mass is 16.8. The third kappa shape index (κ3) is 4.36. The molecule has 0 aliphatic rings. The third-order valence-corrected chi connectivity index (χ3v) is 0.813. The van der Waals surface area contributed by atoms with Gasteiger partial charge < -0.3 is 10.5 Å². The minimum atomic E-state index is -1.10. The first kappa shape index (κ1) is 10.9. The zero-order valence-corrected chi connectivity index (χ0v) is 6.81. The van der Waals surface area contributed by atoms with E-state index >= 15 is 0 Å². The van der Waals surface area contributed by atoms with Crippen LogP contribution in [0.5, 0.6) is 0 Å². The Balaban J connectivity index is 4.17.